The van der Waals surface area contributed by atoms with Crippen molar-refractivity contribution in [1.29, 1.82) is 0 Å². The second-order valence-corrected chi connectivity index (χ2v) is 12.9. The summed E-state index contributed by atoms with van der Waals surface area (Å²) in [6.07, 6.45) is -14.6. The van der Waals surface area contributed by atoms with E-state index >= 15 is 0 Å². The van der Waals surface area contributed by atoms with E-state index < -0.39 is 123 Å². The molecule has 11 unspecified atom stereocenters. The quantitative estimate of drug-likeness (QED) is 0.0582. The lowest BCUT2D eigenvalue weighted by atomic mass is 9.96. The van der Waals surface area contributed by atoms with Gasteiger partial charge in [0, 0.05) is 38.1 Å². The van der Waals surface area contributed by atoms with Crippen LogP contribution in [-0.2, 0) is 44.8 Å². The summed E-state index contributed by atoms with van der Waals surface area (Å²) in [6, 6.07) is 2.74. The van der Waals surface area contributed by atoms with Gasteiger partial charge in [0.1, 0.15) is 61.3 Å². The van der Waals surface area contributed by atoms with Crippen molar-refractivity contribution in [1.82, 2.24) is 20.4 Å². The molecule has 3 saturated heterocycles. The number of rotatable bonds is 15. The van der Waals surface area contributed by atoms with E-state index in [0.29, 0.717) is 0 Å². The molecular weight excluding hydrogens is 740 g/mol. The summed E-state index contributed by atoms with van der Waals surface area (Å²) >= 11 is 0. The summed E-state index contributed by atoms with van der Waals surface area (Å²) in [5.41, 5.74) is 5.77. The van der Waals surface area contributed by atoms with Crippen LogP contribution in [-0.4, -0.2) is 175 Å². The molecule has 0 saturated carbocycles. The number of carbonyl (C=O) groups is 6. The number of nitrogens with two attached hydrogens (primary N) is 1. The van der Waals surface area contributed by atoms with Crippen molar-refractivity contribution >= 4 is 41.3 Å². The minimum Gasteiger partial charge on any atom is -0.460 e. The van der Waals surface area contributed by atoms with Crippen LogP contribution in [0.15, 0.2) is 30.4 Å². The van der Waals surface area contributed by atoms with Gasteiger partial charge in [0.15, 0.2) is 6.17 Å². The number of imide groups is 1. The van der Waals surface area contributed by atoms with E-state index in [2.05, 4.69) is 16.0 Å². The van der Waals surface area contributed by atoms with Gasteiger partial charge in [-0.1, -0.05) is 6.07 Å². The van der Waals surface area contributed by atoms with Gasteiger partial charge in [-0.15, -0.1) is 0 Å². The number of aliphatic hydroxyl groups excluding tert-OH is 7. The average Bonchev–Trinajstić information content (AvgIpc) is 3.65. The number of carbonyl (C=O) groups excluding carboxylic acids is 6. The lowest BCUT2D eigenvalue weighted by Crippen LogP contribution is -2.64. The zero-order valence-corrected chi connectivity index (χ0v) is 28.9. The first kappa shape index (κ1) is 41.3. The third-order valence-electron chi connectivity index (χ3n) is 9.12. The molecule has 1 aromatic carbocycles. The highest BCUT2D eigenvalue weighted by molar-refractivity contribution is 6.13. The molecule has 6 amide bonds. The Morgan fingerprint density at radius 1 is 0.836 bits per heavy atom. The fourth-order valence-corrected chi connectivity index (χ4v) is 6.06. The maximum absolute atomic E-state index is 12.9. The predicted molar refractivity (Wildman–Crippen MR) is 177 cm³/mol. The third kappa shape index (κ3) is 9.53. The highest BCUT2D eigenvalue weighted by Gasteiger charge is 2.59. The molecule has 1 aromatic rings. The average molecular weight is 783 g/mol. The van der Waals surface area contributed by atoms with Crippen LogP contribution in [0.2, 0.25) is 0 Å². The topological polar surface area (TPSA) is 349 Å². The van der Waals surface area contributed by atoms with Gasteiger partial charge in [-0.05, 0) is 17.7 Å². The monoisotopic (exact) mass is 782 g/mol. The molecule has 0 aliphatic carbocycles. The number of aliphatic hydroxyl groups is 7. The Morgan fingerprint density at radius 3 is 2.20 bits per heavy atom. The minimum absolute atomic E-state index is 0.0741. The van der Waals surface area contributed by atoms with Gasteiger partial charge >= 0.3 is 6.09 Å². The predicted octanol–water partition coefficient (Wildman–Crippen LogP) is -6.21. The molecular formula is C32H42N6O17. The first-order valence-electron chi connectivity index (χ1n) is 17.0. The molecule has 4 heterocycles. The molecule has 3 fully saturated rings. The fourth-order valence-electron chi connectivity index (χ4n) is 6.06. The number of hydrogen-bond donors (Lipinski definition) is 11. The Hall–Kier alpha value is -4.82. The Morgan fingerprint density at radius 2 is 1.53 bits per heavy atom. The van der Waals surface area contributed by atoms with Crippen LogP contribution in [0.25, 0.3) is 0 Å². The number of hydrogen-bond acceptors (Lipinski definition) is 18. The van der Waals surface area contributed by atoms with Crippen LogP contribution in [0.5, 0.6) is 5.75 Å². The number of ether oxygens (including phenoxy) is 4. The summed E-state index contributed by atoms with van der Waals surface area (Å²) in [6.45, 7) is -2.17. The van der Waals surface area contributed by atoms with Crippen LogP contribution >= 0.6 is 0 Å². The summed E-state index contributed by atoms with van der Waals surface area (Å²) < 4.78 is 21.6. The number of benzene rings is 1. The maximum Gasteiger partial charge on any atom is 0.409 e. The molecule has 55 heavy (non-hydrogen) atoms. The fraction of sp³-hybridized carbons (Fsp3) is 0.562. The normalized spacial score (nSPS) is 31.6. The summed E-state index contributed by atoms with van der Waals surface area (Å²) in [7, 11) is 0. The summed E-state index contributed by atoms with van der Waals surface area (Å²) in [5, 5.41) is 77.9. The Kier molecular flexibility index (Phi) is 13.3. The van der Waals surface area contributed by atoms with Gasteiger partial charge in [0.05, 0.1) is 24.9 Å². The van der Waals surface area contributed by atoms with Crippen LogP contribution in [0.1, 0.15) is 18.4 Å². The zero-order valence-electron chi connectivity index (χ0n) is 28.9. The minimum atomic E-state index is -1.80. The third-order valence-corrected chi connectivity index (χ3v) is 9.12. The molecule has 302 valence electrons. The van der Waals surface area contributed by atoms with Crippen molar-refractivity contribution in [3.63, 3.8) is 0 Å². The van der Waals surface area contributed by atoms with Gasteiger partial charge in [-0.25, -0.2) is 4.79 Å². The van der Waals surface area contributed by atoms with E-state index in [1.165, 1.54) is 18.2 Å². The Balaban J connectivity index is 1.20. The van der Waals surface area contributed by atoms with Crippen molar-refractivity contribution in [3.05, 3.63) is 35.9 Å². The Bertz CT molecular complexity index is 1640. The van der Waals surface area contributed by atoms with Gasteiger partial charge < -0.3 is 76.0 Å². The van der Waals surface area contributed by atoms with E-state index in [1.807, 2.05) is 0 Å². The SMILES string of the molecule is NC1OC(CO)C(N2C(=O)C2NC(=O)OCc2ccc(OC3OC(CO)C(O)C(O)C3O)c(NC(=O)CCNC(=O)CCN3C(=O)C=CC3=O)c2)C(O)C1O. The van der Waals surface area contributed by atoms with Crippen LogP contribution in [0, 0.1) is 0 Å². The molecule has 12 N–H and O–H groups in total. The number of alkyl carbamates (subject to hydrolysis) is 1. The standard InChI is InChI=1S/C32H42N6O17/c33-28-26(48)24(46)22(16(10-39)53-28)38-29(30(38)50)36-32(51)52-12-13-1-2-15(54-31-27(49)25(47)23(45)17(11-40)55-31)14(9-13)35-19(42)5-7-34-18(41)6-8-37-20(43)3-4-21(37)44/h1-4,9,16-17,22-29,31,39-40,45-49H,5-8,10-12,33H2,(H,34,41)(H,35,42)(H,36,51). The summed E-state index contributed by atoms with van der Waals surface area (Å²) in [5.74, 6) is -3.12. The van der Waals surface area contributed by atoms with E-state index in [1.54, 1.807) is 0 Å². The van der Waals surface area contributed by atoms with E-state index in [0.717, 1.165) is 22.0 Å². The highest BCUT2D eigenvalue weighted by Crippen LogP contribution is 2.33. The van der Waals surface area contributed by atoms with Crippen molar-refractivity contribution in [3.8, 4) is 5.75 Å². The molecule has 0 spiro atoms. The summed E-state index contributed by atoms with van der Waals surface area (Å²) in [4.78, 5) is 75.6. The van der Waals surface area contributed by atoms with Gasteiger partial charge in [0.2, 0.25) is 18.1 Å². The van der Waals surface area contributed by atoms with Crippen LogP contribution < -0.4 is 26.4 Å². The van der Waals surface area contributed by atoms with Gasteiger partial charge in [0.25, 0.3) is 17.7 Å². The first-order chi connectivity index (χ1) is 26.1. The number of nitrogens with one attached hydrogen (secondary N) is 3. The molecule has 11 atom stereocenters. The van der Waals surface area contributed by atoms with E-state index in [9.17, 15) is 64.5 Å². The molecule has 5 rings (SSSR count). The smallest absolute Gasteiger partial charge is 0.409 e. The van der Waals surface area contributed by atoms with Crippen molar-refractivity contribution in [2.24, 2.45) is 5.73 Å². The second-order valence-electron chi connectivity index (χ2n) is 12.9. The van der Waals surface area contributed by atoms with E-state index in [-0.39, 0.29) is 42.9 Å². The van der Waals surface area contributed by atoms with Crippen LogP contribution in [0.4, 0.5) is 10.5 Å². The Labute approximate surface area is 311 Å². The molecule has 23 heteroatoms. The first-order valence-corrected chi connectivity index (χ1v) is 17.0. The number of nitrogens with zero attached hydrogens (tertiary/aromatic N) is 2. The maximum atomic E-state index is 12.9. The van der Waals surface area contributed by atoms with Gasteiger partial charge in [-0.2, -0.15) is 0 Å². The number of amides is 6. The molecule has 4 aliphatic heterocycles. The van der Waals surface area contributed by atoms with Crippen molar-refractivity contribution < 1.29 is 83.5 Å². The largest absolute Gasteiger partial charge is 0.460 e. The zero-order chi connectivity index (χ0) is 40.1. The van der Waals surface area contributed by atoms with Crippen LogP contribution in [0.3, 0.4) is 0 Å². The molecule has 4 aliphatic rings. The molecule has 0 bridgehead atoms. The van der Waals surface area contributed by atoms with E-state index in [4.69, 9.17) is 24.7 Å². The number of anilines is 1. The highest BCUT2D eigenvalue weighted by atomic mass is 16.7. The van der Waals surface area contributed by atoms with Gasteiger partial charge in [-0.3, -0.25) is 34.2 Å². The molecule has 0 radical (unpaired) electrons. The molecule has 23 nitrogen and oxygen atoms in total. The second kappa shape index (κ2) is 17.8. The van der Waals surface area contributed by atoms with Crippen molar-refractivity contribution in [2.75, 3.05) is 31.6 Å². The molecule has 0 aromatic heterocycles. The lowest BCUT2D eigenvalue weighted by Gasteiger charge is -2.41. The lowest BCUT2D eigenvalue weighted by molar-refractivity contribution is -0.277. The van der Waals surface area contributed by atoms with Crippen molar-refractivity contribution in [2.45, 2.75) is 86.9 Å².